The third-order valence-corrected chi connectivity index (χ3v) is 6.65. The lowest BCUT2D eigenvalue weighted by Crippen LogP contribution is -2.57. The van der Waals surface area contributed by atoms with E-state index in [4.69, 9.17) is 9.57 Å². The first-order chi connectivity index (χ1) is 16.0. The molecule has 2 fully saturated rings. The Morgan fingerprint density at radius 3 is 2.44 bits per heavy atom. The summed E-state index contributed by atoms with van der Waals surface area (Å²) in [7, 11) is 1.38. The Morgan fingerprint density at radius 1 is 1.24 bits per heavy atom. The molecular formula is C27H38N2O5. The number of amides is 1. The van der Waals surface area contributed by atoms with Gasteiger partial charge in [0.15, 0.2) is 0 Å². The van der Waals surface area contributed by atoms with Gasteiger partial charge < -0.3 is 9.84 Å². The molecule has 1 aromatic carbocycles. The highest BCUT2D eigenvalue weighted by Gasteiger charge is 2.58. The lowest BCUT2D eigenvalue weighted by atomic mass is 9.77. The SMILES string of the molecule is COC(=O)C1CC(=O)N(OCCC(C)C)C12CCN(Cc1ccc(C#CC(C)(C)O)cc1)CC2. The summed E-state index contributed by atoms with van der Waals surface area (Å²) < 4.78 is 5.06. The fraction of sp³-hybridized carbons (Fsp3) is 0.630. The average molecular weight is 471 g/mol. The molecule has 2 heterocycles. The summed E-state index contributed by atoms with van der Waals surface area (Å²) in [5, 5.41) is 11.3. The molecule has 2 aliphatic heterocycles. The van der Waals surface area contributed by atoms with Gasteiger partial charge in [-0.3, -0.25) is 19.3 Å². The largest absolute Gasteiger partial charge is 0.469 e. The maximum atomic E-state index is 12.8. The van der Waals surface area contributed by atoms with Crippen LogP contribution < -0.4 is 0 Å². The van der Waals surface area contributed by atoms with Gasteiger partial charge in [-0.2, -0.15) is 0 Å². The molecule has 2 saturated heterocycles. The number of hydrogen-bond acceptors (Lipinski definition) is 6. The number of aliphatic hydroxyl groups is 1. The number of methoxy groups -OCH3 is 1. The lowest BCUT2D eigenvalue weighted by molar-refractivity contribution is -0.224. The van der Waals surface area contributed by atoms with Gasteiger partial charge >= 0.3 is 5.97 Å². The van der Waals surface area contributed by atoms with Crippen LogP contribution in [0.4, 0.5) is 0 Å². The van der Waals surface area contributed by atoms with Crippen molar-refractivity contribution in [2.75, 3.05) is 26.8 Å². The number of carbonyl (C=O) groups is 2. The van der Waals surface area contributed by atoms with Crippen molar-refractivity contribution in [2.45, 2.75) is 71.1 Å². The summed E-state index contributed by atoms with van der Waals surface area (Å²) in [6.07, 6.45) is 2.32. The molecule has 0 bridgehead atoms. The Kier molecular flexibility index (Phi) is 8.40. The molecule has 1 amide bonds. The molecule has 1 aromatic rings. The minimum atomic E-state index is -1.02. The van der Waals surface area contributed by atoms with Crippen molar-refractivity contribution in [3.63, 3.8) is 0 Å². The molecule has 1 N–H and O–H groups in total. The van der Waals surface area contributed by atoms with Crippen LogP contribution in [0, 0.1) is 23.7 Å². The summed E-state index contributed by atoms with van der Waals surface area (Å²) in [4.78, 5) is 33.7. The molecule has 7 nitrogen and oxygen atoms in total. The first-order valence-electron chi connectivity index (χ1n) is 12.1. The van der Waals surface area contributed by atoms with Gasteiger partial charge in [0.25, 0.3) is 0 Å². The number of ether oxygens (including phenoxy) is 1. The van der Waals surface area contributed by atoms with Gasteiger partial charge in [-0.25, -0.2) is 5.06 Å². The van der Waals surface area contributed by atoms with Gasteiger partial charge in [0.05, 0.1) is 25.2 Å². The second-order valence-electron chi connectivity index (χ2n) is 10.4. The number of hydroxylamine groups is 2. The highest BCUT2D eigenvalue weighted by atomic mass is 16.7. The number of benzene rings is 1. The number of piperidine rings is 1. The molecule has 0 aromatic heterocycles. The Balaban J connectivity index is 1.66. The summed E-state index contributed by atoms with van der Waals surface area (Å²) in [6, 6.07) is 8.03. The molecule has 1 atom stereocenters. The van der Waals surface area contributed by atoms with Crippen LogP contribution in [0.15, 0.2) is 24.3 Å². The van der Waals surface area contributed by atoms with Crippen LogP contribution in [0.2, 0.25) is 0 Å². The Hall–Kier alpha value is -2.40. The van der Waals surface area contributed by atoms with Crippen molar-refractivity contribution >= 4 is 11.9 Å². The van der Waals surface area contributed by atoms with Gasteiger partial charge in [0, 0.05) is 31.6 Å². The summed E-state index contributed by atoms with van der Waals surface area (Å²) in [5.74, 6) is 5.33. The molecular weight excluding hydrogens is 432 g/mol. The van der Waals surface area contributed by atoms with E-state index in [1.165, 1.54) is 17.7 Å². The number of esters is 1. The standard InChI is InChI=1S/C27H38N2O5/c1-20(2)11-17-34-29-24(30)18-23(25(31)33-5)27(29)13-15-28(16-14-27)19-22-8-6-21(7-9-22)10-12-26(3,4)32/h6-9,20,23,32H,11,13-19H2,1-5H3. The molecule has 1 unspecified atom stereocenters. The molecule has 3 rings (SSSR count). The summed E-state index contributed by atoms with van der Waals surface area (Å²) in [5.41, 5.74) is 0.372. The average Bonchev–Trinajstić information content (AvgIpc) is 3.05. The molecule has 0 radical (unpaired) electrons. The zero-order valence-corrected chi connectivity index (χ0v) is 21.1. The lowest BCUT2D eigenvalue weighted by Gasteiger charge is -2.45. The minimum absolute atomic E-state index is 0.129. The third kappa shape index (κ3) is 6.38. The van der Waals surface area contributed by atoms with E-state index >= 15 is 0 Å². The zero-order valence-electron chi connectivity index (χ0n) is 21.1. The predicted molar refractivity (Wildman–Crippen MR) is 129 cm³/mol. The van der Waals surface area contributed by atoms with Gasteiger partial charge in [-0.15, -0.1) is 0 Å². The Bertz CT molecular complexity index is 915. The summed E-state index contributed by atoms with van der Waals surface area (Å²) >= 11 is 0. The second kappa shape index (κ2) is 10.9. The van der Waals surface area contributed by atoms with E-state index in [0.29, 0.717) is 25.4 Å². The molecule has 0 saturated carbocycles. The third-order valence-electron chi connectivity index (χ3n) is 6.65. The van der Waals surface area contributed by atoms with Crippen molar-refractivity contribution in [1.82, 2.24) is 9.96 Å². The van der Waals surface area contributed by atoms with Crippen molar-refractivity contribution in [2.24, 2.45) is 11.8 Å². The van der Waals surface area contributed by atoms with Crippen molar-refractivity contribution in [3.8, 4) is 11.8 Å². The number of hydrogen-bond donors (Lipinski definition) is 1. The van der Waals surface area contributed by atoms with Gasteiger partial charge in [-0.1, -0.05) is 37.8 Å². The van der Waals surface area contributed by atoms with E-state index in [2.05, 4.69) is 42.7 Å². The molecule has 0 aliphatic carbocycles. The van der Waals surface area contributed by atoms with Crippen LogP contribution in [0.25, 0.3) is 0 Å². The number of rotatable bonds is 7. The Morgan fingerprint density at radius 2 is 1.88 bits per heavy atom. The van der Waals surface area contributed by atoms with Crippen LogP contribution in [0.1, 0.15) is 64.5 Å². The maximum absolute atomic E-state index is 12.8. The predicted octanol–water partition coefficient (Wildman–Crippen LogP) is 3.14. The van der Waals surface area contributed by atoms with Crippen LogP contribution in [-0.2, 0) is 25.7 Å². The number of likely N-dealkylation sites (tertiary alicyclic amines) is 1. The van der Waals surface area contributed by atoms with Crippen molar-refractivity contribution in [3.05, 3.63) is 35.4 Å². The highest BCUT2D eigenvalue weighted by Crippen LogP contribution is 2.44. The van der Waals surface area contributed by atoms with E-state index in [0.717, 1.165) is 31.6 Å². The molecule has 186 valence electrons. The molecule has 34 heavy (non-hydrogen) atoms. The number of carbonyl (C=O) groups excluding carboxylic acids is 2. The van der Waals surface area contributed by atoms with E-state index in [9.17, 15) is 14.7 Å². The van der Waals surface area contributed by atoms with Crippen LogP contribution in [-0.4, -0.2) is 64.9 Å². The first-order valence-corrected chi connectivity index (χ1v) is 12.1. The van der Waals surface area contributed by atoms with Gasteiger partial charge in [-0.05, 0) is 56.7 Å². The fourth-order valence-electron chi connectivity index (χ4n) is 4.69. The van der Waals surface area contributed by atoms with Crippen LogP contribution in [0.5, 0.6) is 0 Å². The second-order valence-corrected chi connectivity index (χ2v) is 10.4. The van der Waals surface area contributed by atoms with E-state index in [-0.39, 0.29) is 18.3 Å². The van der Waals surface area contributed by atoms with Crippen molar-refractivity contribution < 1.29 is 24.3 Å². The quantitative estimate of drug-likeness (QED) is 0.487. The monoisotopic (exact) mass is 470 g/mol. The zero-order chi connectivity index (χ0) is 24.9. The van der Waals surface area contributed by atoms with E-state index in [1.54, 1.807) is 13.8 Å². The summed E-state index contributed by atoms with van der Waals surface area (Å²) in [6.45, 7) is 10.3. The van der Waals surface area contributed by atoms with Gasteiger partial charge in [0.2, 0.25) is 5.91 Å². The smallest absolute Gasteiger partial charge is 0.311 e. The van der Waals surface area contributed by atoms with E-state index in [1.807, 2.05) is 12.1 Å². The van der Waals surface area contributed by atoms with Gasteiger partial charge in [0.1, 0.15) is 5.60 Å². The Labute approximate surface area is 203 Å². The topological polar surface area (TPSA) is 79.3 Å². The fourth-order valence-corrected chi connectivity index (χ4v) is 4.69. The normalized spacial score (nSPS) is 20.5. The minimum Gasteiger partial charge on any atom is -0.469 e. The van der Waals surface area contributed by atoms with E-state index < -0.39 is 17.1 Å². The highest BCUT2D eigenvalue weighted by molar-refractivity contribution is 5.88. The molecule has 1 spiro atoms. The first kappa shape index (κ1) is 26.2. The molecule has 2 aliphatic rings. The number of nitrogens with zero attached hydrogens (tertiary/aromatic N) is 2. The van der Waals surface area contributed by atoms with Crippen LogP contribution in [0.3, 0.4) is 0 Å². The van der Waals surface area contributed by atoms with Crippen molar-refractivity contribution in [1.29, 1.82) is 0 Å². The van der Waals surface area contributed by atoms with Crippen LogP contribution >= 0.6 is 0 Å². The molecule has 7 heteroatoms. The maximum Gasteiger partial charge on any atom is 0.311 e.